The molecule has 2 aromatic rings. The lowest BCUT2D eigenvalue weighted by molar-refractivity contribution is 0.695. The highest BCUT2D eigenvalue weighted by Crippen LogP contribution is 2.34. The largest absolute Gasteiger partial charge is 0.370 e. The summed E-state index contributed by atoms with van der Waals surface area (Å²) in [7, 11) is 0. The molecule has 0 saturated heterocycles. The van der Waals surface area contributed by atoms with Crippen molar-refractivity contribution in [1.82, 2.24) is 15.0 Å². The average molecular weight is 288 g/mol. The summed E-state index contributed by atoms with van der Waals surface area (Å²) in [5.41, 5.74) is 2.21. The molecule has 1 N–H and O–H groups in total. The Bertz CT molecular complexity index is 587. The number of aromatic nitrogens is 3. The first kappa shape index (κ1) is 13.5. The summed E-state index contributed by atoms with van der Waals surface area (Å²) in [5.74, 6) is 2.28. The van der Waals surface area contributed by atoms with Crippen molar-refractivity contribution in [2.75, 3.05) is 11.9 Å². The fraction of sp³-hybridized carbons (Fsp3) is 0.533. The van der Waals surface area contributed by atoms with Gasteiger partial charge in [-0.25, -0.2) is 15.0 Å². The van der Waals surface area contributed by atoms with E-state index in [9.17, 15) is 0 Å². The van der Waals surface area contributed by atoms with E-state index in [-0.39, 0.29) is 0 Å². The normalized spacial score (nSPS) is 15.7. The summed E-state index contributed by atoms with van der Waals surface area (Å²) in [6, 6.07) is 2.11. The lowest BCUT2D eigenvalue weighted by atomic mass is 10.0. The SMILES string of the molecule is CCNc1cc(C2CCCC2)nc(-c2nc(C)cs2)n1. The Balaban J connectivity index is 1.99. The van der Waals surface area contributed by atoms with Crippen LogP contribution in [-0.4, -0.2) is 21.5 Å². The first-order valence-corrected chi connectivity index (χ1v) is 8.19. The molecule has 0 radical (unpaired) electrons. The molecule has 0 atom stereocenters. The summed E-state index contributed by atoms with van der Waals surface area (Å²) in [5, 5.41) is 6.28. The van der Waals surface area contributed by atoms with E-state index in [1.807, 2.05) is 12.3 Å². The van der Waals surface area contributed by atoms with Crippen LogP contribution < -0.4 is 5.32 Å². The van der Waals surface area contributed by atoms with Crippen LogP contribution in [-0.2, 0) is 0 Å². The maximum atomic E-state index is 4.78. The third kappa shape index (κ3) is 2.82. The van der Waals surface area contributed by atoms with Crippen LogP contribution in [0, 0.1) is 6.92 Å². The first-order chi connectivity index (χ1) is 9.76. The molecule has 2 heterocycles. The van der Waals surface area contributed by atoms with Gasteiger partial charge in [0.05, 0.1) is 0 Å². The fourth-order valence-corrected chi connectivity index (χ4v) is 3.45. The van der Waals surface area contributed by atoms with Gasteiger partial charge >= 0.3 is 0 Å². The zero-order valence-electron chi connectivity index (χ0n) is 12.0. The minimum Gasteiger partial charge on any atom is -0.370 e. The number of nitrogens with one attached hydrogen (secondary N) is 1. The molecule has 0 unspecified atom stereocenters. The minimum absolute atomic E-state index is 0.593. The lowest BCUT2D eigenvalue weighted by Gasteiger charge is -2.12. The van der Waals surface area contributed by atoms with E-state index in [2.05, 4.69) is 28.3 Å². The molecule has 5 heteroatoms. The molecule has 106 valence electrons. The van der Waals surface area contributed by atoms with E-state index in [0.717, 1.165) is 28.9 Å². The molecule has 0 amide bonds. The molecule has 0 spiro atoms. The highest BCUT2D eigenvalue weighted by Gasteiger charge is 2.20. The second kappa shape index (κ2) is 5.87. The number of hydrogen-bond acceptors (Lipinski definition) is 5. The number of nitrogens with zero attached hydrogens (tertiary/aromatic N) is 3. The number of thiazole rings is 1. The van der Waals surface area contributed by atoms with E-state index in [4.69, 9.17) is 4.98 Å². The van der Waals surface area contributed by atoms with Gasteiger partial charge < -0.3 is 5.32 Å². The topological polar surface area (TPSA) is 50.7 Å². The molecule has 1 aliphatic carbocycles. The molecule has 1 fully saturated rings. The maximum Gasteiger partial charge on any atom is 0.190 e. The van der Waals surface area contributed by atoms with Gasteiger partial charge in [-0.05, 0) is 26.7 Å². The quantitative estimate of drug-likeness (QED) is 0.924. The van der Waals surface area contributed by atoms with Crippen LogP contribution in [0.25, 0.3) is 10.8 Å². The van der Waals surface area contributed by atoms with Crippen molar-refractivity contribution in [2.45, 2.75) is 45.4 Å². The summed E-state index contributed by atoms with van der Waals surface area (Å²) in [6.07, 6.45) is 5.13. The number of anilines is 1. The smallest absolute Gasteiger partial charge is 0.190 e. The van der Waals surface area contributed by atoms with Gasteiger partial charge in [0.15, 0.2) is 10.8 Å². The highest BCUT2D eigenvalue weighted by molar-refractivity contribution is 7.13. The lowest BCUT2D eigenvalue weighted by Crippen LogP contribution is -2.06. The van der Waals surface area contributed by atoms with Gasteiger partial charge in [-0.3, -0.25) is 0 Å². The van der Waals surface area contributed by atoms with E-state index < -0.39 is 0 Å². The molecule has 2 aromatic heterocycles. The minimum atomic E-state index is 0.593. The monoisotopic (exact) mass is 288 g/mol. The van der Waals surface area contributed by atoms with Gasteiger partial charge in [-0.15, -0.1) is 11.3 Å². The number of rotatable bonds is 4. The fourth-order valence-electron chi connectivity index (χ4n) is 2.72. The molecule has 3 rings (SSSR count). The number of aryl methyl sites for hydroxylation is 1. The van der Waals surface area contributed by atoms with Crippen molar-refractivity contribution in [3.63, 3.8) is 0 Å². The maximum absolute atomic E-state index is 4.78. The molecule has 1 aliphatic rings. The van der Waals surface area contributed by atoms with Crippen LogP contribution in [0.15, 0.2) is 11.4 Å². The molecule has 20 heavy (non-hydrogen) atoms. The average Bonchev–Trinajstić information content (AvgIpc) is 3.09. The Hall–Kier alpha value is -1.49. The summed E-state index contributed by atoms with van der Waals surface area (Å²) < 4.78 is 0. The molecule has 1 saturated carbocycles. The summed E-state index contributed by atoms with van der Waals surface area (Å²) in [6.45, 7) is 4.97. The van der Waals surface area contributed by atoms with Gasteiger partial charge in [0.1, 0.15) is 5.82 Å². The zero-order chi connectivity index (χ0) is 13.9. The van der Waals surface area contributed by atoms with Crippen molar-refractivity contribution in [3.8, 4) is 10.8 Å². The van der Waals surface area contributed by atoms with Crippen LogP contribution in [0.4, 0.5) is 5.82 Å². The van der Waals surface area contributed by atoms with Crippen molar-refractivity contribution in [3.05, 3.63) is 22.8 Å². The Labute approximate surface area is 123 Å². The van der Waals surface area contributed by atoms with Gasteiger partial charge in [0, 0.05) is 35.3 Å². The predicted molar refractivity (Wildman–Crippen MR) is 83.2 cm³/mol. The number of hydrogen-bond donors (Lipinski definition) is 1. The molecule has 4 nitrogen and oxygen atoms in total. The Morgan fingerprint density at radius 1 is 1.25 bits per heavy atom. The van der Waals surface area contributed by atoms with Crippen molar-refractivity contribution >= 4 is 17.2 Å². The third-order valence-electron chi connectivity index (χ3n) is 3.69. The Morgan fingerprint density at radius 3 is 2.70 bits per heavy atom. The van der Waals surface area contributed by atoms with Crippen LogP contribution in [0.5, 0.6) is 0 Å². The van der Waals surface area contributed by atoms with Crippen LogP contribution in [0.3, 0.4) is 0 Å². The predicted octanol–water partition coefficient (Wildman–Crippen LogP) is 4.00. The van der Waals surface area contributed by atoms with Gasteiger partial charge in [-0.2, -0.15) is 0 Å². The summed E-state index contributed by atoms with van der Waals surface area (Å²) in [4.78, 5) is 13.9. The van der Waals surface area contributed by atoms with Gasteiger partial charge in [0.25, 0.3) is 0 Å². The molecule has 0 aromatic carbocycles. The van der Waals surface area contributed by atoms with E-state index >= 15 is 0 Å². The first-order valence-electron chi connectivity index (χ1n) is 7.31. The van der Waals surface area contributed by atoms with Crippen molar-refractivity contribution in [1.29, 1.82) is 0 Å². The van der Waals surface area contributed by atoms with E-state index in [1.165, 1.54) is 31.4 Å². The van der Waals surface area contributed by atoms with Gasteiger partial charge in [-0.1, -0.05) is 12.8 Å². The van der Waals surface area contributed by atoms with Crippen molar-refractivity contribution in [2.24, 2.45) is 0 Å². The summed E-state index contributed by atoms with van der Waals surface area (Å²) >= 11 is 1.62. The second-order valence-corrected chi connectivity index (χ2v) is 6.17. The van der Waals surface area contributed by atoms with E-state index in [0.29, 0.717) is 5.92 Å². The highest BCUT2D eigenvalue weighted by atomic mass is 32.1. The molecule has 0 aliphatic heterocycles. The van der Waals surface area contributed by atoms with E-state index in [1.54, 1.807) is 11.3 Å². The standard InChI is InChI=1S/C15H20N4S/c1-3-16-13-8-12(11-6-4-5-7-11)18-14(19-13)15-17-10(2)9-20-15/h8-9,11H,3-7H2,1-2H3,(H,16,18,19). The molecular weight excluding hydrogens is 268 g/mol. The molecular formula is C15H20N4S. The van der Waals surface area contributed by atoms with Crippen LogP contribution in [0.2, 0.25) is 0 Å². The van der Waals surface area contributed by atoms with Crippen LogP contribution in [0.1, 0.15) is 49.9 Å². The Morgan fingerprint density at radius 2 is 2.05 bits per heavy atom. The van der Waals surface area contributed by atoms with Crippen molar-refractivity contribution < 1.29 is 0 Å². The van der Waals surface area contributed by atoms with Gasteiger partial charge in [0.2, 0.25) is 0 Å². The Kier molecular flexibility index (Phi) is 3.96. The zero-order valence-corrected chi connectivity index (χ0v) is 12.8. The molecule has 0 bridgehead atoms. The second-order valence-electron chi connectivity index (χ2n) is 5.31. The third-order valence-corrected chi connectivity index (χ3v) is 4.64. The van der Waals surface area contributed by atoms with Crippen LogP contribution >= 0.6 is 11.3 Å².